The maximum Gasteiger partial charge on any atom is 0.322 e. The lowest BCUT2D eigenvalue weighted by atomic mass is 9.73. The Bertz CT molecular complexity index is 1100. The zero-order valence-corrected chi connectivity index (χ0v) is 19.4. The zero-order valence-electron chi connectivity index (χ0n) is 19.4. The Balaban J connectivity index is 1.31. The molecule has 2 aromatic carbocycles. The molecule has 5 rings (SSSR count). The molecule has 0 unspecified atom stereocenters. The standard InChI is InChI=1S/C27H31N3O4/c1-34-22-9-5-8-21(14-22)28-27(33)29-15-23-26(24(17-31)30(23)25(32)16-29)20-12-10-19(11-13-20)18-6-3-2-4-7-18/h5-6,8-14,23-24,26,31H,2-4,7,15-17H2,1H3,(H,28,33)/t23-,24+,26+/m0/s1. The summed E-state index contributed by atoms with van der Waals surface area (Å²) in [5.41, 5.74) is 4.37. The van der Waals surface area contributed by atoms with E-state index in [0.29, 0.717) is 18.0 Å². The molecule has 3 amide bonds. The lowest BCUT2D eigenvalue weighted by Crippen LogP contribution is -2.73. The van der Waals surface area contributed by atoms with Crippen LogP contribution in [0.25, 0.3) is 5.57 Å². The van der Waals surface area contributed by atoms with Gasteiger partial charge in [-0.25, -0.2) is 4.79 Å². The number of hydrogen-bond donors (Lipinski definition) is 2. The first-order valence-corrected chi connectivity index (χ1v) is 12.0. The van der Waals surface area contributed by atoms with Gasteiger partial charge in [0.15, 0.2) is 0 Å². The molecule has 3 atom stereocenters. The number of aliphatic hydroxyl groups is 1. The van der Waals surface area contributed by atoms with Crippen LogP contribution in [0.4, 0.5) is 10.5 Å². The van der Waals surface area contributed by atoms with Gasteiger partial charge < -0.3 is 25.0 Å². The highest BCUT2D eigenvalue weighted by atomic mass is 16.5. The Kier molecular flexibility index (Phi) is 6.28. The van der Waals surface area contributed by atoms with Crippen LogP contribution in [0.15, 0.2) is 54.6 Å². The van der Waals surface area contributed by atoms with Crippen LogP contribution in [0.1, 0.15) is 42.7 Å². The Morgan fingerprint density at radius 2 is 2.00 bits per heavy atom. The van der Waals surface area contributed by atoms with Crippen LogP contribution in [0.5, 0.6) is 5.75 Å². The minimum atomic E-state index is -0.313. The van der Waals surface area contributed by atoms with Gasteiger partial charge in [0, 0.05) is 24.2 Å². The molecule has 7 heteroatoms. The van der Waals surface area contributed by atoms with Crippen molar-refractivity contribution >= 4 is 23.2 Å². The number of carbonyl (C=O) groups excluding carboxylic acids is 2. The molecule has 34 heavy (non-hydrogen) atoms. The van der Waals surface area contributed by atoms with Crippen LogP contribution in [-0.4, -0.2) is 65.7 Å². The lowest BCUT2D eigenvalue weighted by Gasteiger charge is -2.58. The molecule has 0 aromatic heterocycles. The summed E-state index contributed by atoms with van der Waals surface area (Å²) < 4.78 is 5.22. The van der Waals surface area contributed by atoms with Gasteiger partial charge in [-0.15, -0.1) is 0 Å². The Morgan fingerprint density at radius 3 is 2.71 bits per heavy atom. The van der Waals surface area contributed by atoms with Gasteiger partial charge in [0.1, 0.15) is 12.3 Å². The number of benzene rings is 2. The summed E-state index contributed by atoms with van der Waals surface area (Å²) in [6, 6.07) is 15.0. The molecular weight excluding hydrogens is 430 g/mol. The van der Waals surface area contributed by atoms with Crippen molar-refractivity contribution in [3.05, 3.63) is 65.7 Å². The van der Waals surface area contributed by atoms with Crippen molar-refractivity contribution in [3.8, 4) is 5.75 Å². The molecular formula is C27H31N3O4. The molecule has 1 aliphatic carbocycles. The normalized spacial score (nSPS) is 24.1. The number of nitrogens with one attached hydrogen (secondary N) is 1. The van der Waals surface area contributed by atoms with Crippen LogP contribution in [0.2, 0.25) is 0 Å². The van der Waals surface area contributed by atoms with Crippen molar-refractivity contribution in [1.29, 1.82) is 0 Å². The number of allylic oxidation sites excluding steroid dienone is 2. The molecule has 0 bridgehead atoms. The largest absolute Gasteiger partial charge is 0.497 e. The van der Waals surface area contributed by atoms with Gasteiger partial charge in [-0.2, -0.15) is 0 Å². The first kappa shape index (κ1) is 22.5. The van der Waals surface area contributed by atoms with Gasteiger partial charge >= 0.3 is 6.03 Å². The predicted octanol–water partition coefficient (Wildman–Crippen LogP) is 3.86. The summed E-state index contributed by atoms with van der Waals surface area (Å²) in [5.74, 6) is 0.517. The smallest absolute Gasteiger partial charge is 0.322 e. The van der Waals surface area contributed by atoms with Crippen molar-refractivity contribution in [1.82, 2.24) is 9.80 Å². The number of amides is 3. The van der Waals surface area contributed by atoms with Crippen molar-refractivity contribution < 1.29 is 19.4 Å². The van der Waals surface area contributed by atoms with E-state index in [1.54, 1.807) is 35.1 Å². The van der Waals surface area contributed by atoms with E-state index in [-0.39, 0.29) is 43.1 Å². The average molecular weight is 462 g/mol. The topological polar surface area (TPSA) is 82.1 Å². The molecule has 0 radical (unpaired) electrons. The van der Waals surface area contributed by atoms with Gasteiger partial charge in [-0.05, 0) is 54.5 Å². The highest BCUT2D eigenvalue weighted by Crippen LogP contribution is 2.43. The number of hydrogen-bond acceptors (Lipinski definition) is 4. The van der Waals surface area contributed by atoms with Gasteiger partial charge in [-0.1, -0.05) is 36.4 Å². The lowest BCUT2D eigenvalue weighted by molar-refractivity contribution is -0.159. The highest BCUT2D eigenvalue weighted by molar-refractivity contribution is 5.94. The first-order valence-electron chi connectivity index (χ1n) is 12.0. The predicted molar refractivity (Wildman–Crippen MR) is 131 cm³/mol. The maximum absolute atomic E-state index is 13.0. The number of nitrogens with zero attached hydrogens (tertiary/aromatic N) is 2. The fourth-order valence-corrected chi connectivity index (χ4v) is 5.58. The van der Waals surface area contributed by atoms with Crippen LogP contribution in [0, 0.1) is 0 Å². The second kappa shape index (κ2) is 9.50. The van der Waals surface area contributed by atoms with E-state index >= 15 is 0 Å². The summed E-state index contributed by atoms with van der Waals surface area (Å²) >= 11 is 0. The number of piperazine rings is 1. The Hall–Kier alpha value is -3.32. The maximum atomic E-state index is 13.0. The summed E-state index contributed by atoms with van der Waals surface area (Å²) in [7, 11) is 1.58. The van der Waals surface area contributed by atoms with Crippen molar-refractivity contribution in [2.75, 3.05) is 32.1 Å². The number of urea groups is 1. The van der Waals surface area contributed by atoms with Gasteiger partial charge in [0.2, 0.25) is 5.91 Å². The first-order chi connectivity index (χ1) is 16.6. The molecule has 2 saturated heterocycles. The van der Waals surface area contributed by atoms with E-state index in [2.05, 4.69) is 35.7 Å². The van der Waals surface area contributed by atoms with Crippen molar-refractivity contribution in [2.45, 2.75) is 43.7 Å². The fraction of sp³-hybridized carbons (Fsp3) is 0.407. The Morgan fingerprint density at radius 1 is 1.18 bits per heavy atom. The average Bonchev–Trinajstić information content (AvgIpc) is 2.86. The molecule has 2 aliphatic heterocycles. The van der Waals surface area contributed by atoms with E-state index in [1.807, 2.05) is 6.07 Å². The molecule has 2 fully saturated rings. The van der Waals surface area contributed by atoms with Crippen LogP contribution in [0.3, 0.4) is 0 Å². The number of rotatable bonds is 5. The van der Waals surface area contributed by atoms with E-state index < -0.39 is 0 Å². The van der Waals surface area contributed by atoms with Crippen LogP contribution in [-0.2, 0) is 4.79 Å². The minimum Gasteiger partial charge on any atom is -0.497 e. The highest BCUT2D eigenvalue weighted by Gasteiger charge is 2.54. The second-order valence-electron chi connectivity index (χ2n) is 9.28. The molecule has 3 aliphatic rings. The third-order valence-electron chi connectivity index (χ3n) is 7.32. The number of fused-ring (bicyclic) bond motifs is 1. The molecule has 0 saturated carbocycles. The Labute approximate surface area is 200 Å². The van der Waals surface area contributed by atoms with Gasteiger partial charge in [-0.3, -0.25) is 4.79 Å². The van der Waals surface area contributed by atoms with Crippen LogP contribution < -0.4 is 10.1 Å². The van der Waals surface area contributed by atoms with Gasteiger partial charge in [0.05, 0.1) is 25.8 Å². The van der Waals surface area contributed by atoms with E-state index in [9.17, 15) is 14.7 Å². The molecule has 7 nitrogen and oxygen atoms in total. The second-order valence-corrected chi connectivity index (χ2v) is 9.28. The van der Waals surface area contributed by atoms with E-state index in [0.717, 1.165) is 18.4 Å². The molecule has 2 aromatic rings. The summed E-state index contributed by atoms with van der Waals surface area (Å²) in [5, 5.41) is 12.9. The van der Waals surface area contributed by atoms with Crippen molar-refractivity contribution in [2.24, 2.45) is 0 Å². The number of anilines is 1. The number of methoxy groups -OCH3 is 1. The quantitative estimate of drug-likeness (QED) is 0.709. The van der Waals surface area contributed by atoms with Gasteiger partial charge in [0.25, 0.3) is 0 Å². The molecule has 2 heterocycles. The number of aliphatic hydroxyl groups excluding tert-OH is 1. The number of ether oxygens (including phenoxy) is 1. The summed E-state index contributed by atoms with van der Waals surface area (Å²) in [4.78, 5) is 29.2. The molecule has 178 valence electrons. The summed E-state index contributed by atoms with van der Waals surface area (Å²) in [6.07, 6.45) is 7.08. The SMILES string of the molecule is COc1cccc(NC(=O)N2CC(=O)N3[C@H](CO)[C@H](c4ccc(C5=CCCCC5)cc4)[C@@H]3C2)c1. The fourth-order valence-electron chi connectivity index (χ4n) is 5.58. The monoisotopic (exact) mass is 461 g/mol. The van der Waals surface area contributed by atoms with Crippen LogP contribution >= 0.6 is 0 Å². The molecule has 2 N–H and O–H groups in total. The number of carbonyl (C=O) groups is 2. The minimum absolute atomic E-state index is 0.00259. The third kappa shape index (κ3) is 4.16. The summed E-state index contributed by atoms with van der Waals surface area (Å²) in [6.45, 7) is 0.341. The van der Waals surface area contributed by atoms with E-state index in [4.69, 9.17) is 4.74 Å². The zero-order chi connectivity index (χ0) is 23.7. The van der Waals surface area contributed by atoms with Crippen molar-refractivity contribution in [3.63, 3.8) is 0 Å². The van der Waals surface area contributed by atoms with E-state index in [1.165, 1.54) is 24.0 Å². The molecule has 0 spiro atoms. The third-order valence-corrected chi connectivity index (χ3v) is 7.32.